The number of hydrogen-bond donors (Lipinski definition) is 1. The number of nitrogens with zero attached hydrogens (tertiary/aromatic N) is 3. The van der Waals surface area contributed by atoms with Crippen LogP contribution in [-0.4, -0.2) is 26.0 Å². The van der Waals surface area contributed by atoms with Gasteiger partial charge in [0.1, 0.15) is 6.33 Å². The van der Waals surface area contributed by atoms with E-state index in [0.29, 0.717) is 13.0 Å². The lowest BCUT2D eigenvalue weighted by molar-refractivity contribution is 0.139. The van der Waals surface area contributed by atoms with Crippen LogP contribution in [0.2, 0.25) is 5.02 Å². The van der Waals surface area contributed by atoms with Crippen LogP contribution in [0.25, 0.3) is 0 Å². The Morgan fingerprint density at radius 3 is 2.62 bits per heavy atom. The summed E-state index contributed by atoms with van der Waals surface area (Å²) in [6.07, 6.45) is 2.62. The highest BCUT2D eigenvalue weighted by Gasteiger charge is 2.19. The molecule has 0 amide bonds. The van der Waals surface area contributed by atoms with Crippen LogP contribution in [0, 0.1) is 0 Å². The van der Waals surface area contributed by atoms with Crippen molar-refractivity contribution in [2.75, 3.05) is 0 Å². The van der Waals surface area contributed by atoms with Crippen LogP contribution < -0.4 is 0 Å². The molecule has 114 valence electrons. The van der Waals surface area contributed by atoms with Gasteiger partial charge in [0.25, 0.3) is 0 Å². The monoisotopic (exact) mass is 307 g/mol. The lowest BCUT2D eigenvalue weighted by Gasteiger charge is -2.13. The molecule has 0 aliphatic heterocycles. The third-order valence-corrected chi connectivity index (χ3v) is 3.68. The van der Waals surface area contributed by atoms with E-state index < -0.39 is 6.10 Å². The highest BCUT2D eigenvalue weighted by atomic mass is 35.5. The molecule has 1 aromatic heterocycles. The highest BCUT2D eigenvalue weighted by molar-refractivity contribution is 6.31. The molecule has 0 fully saturated rings. The largest absolute Gasteiger partial charge is 0.391 e. The molecule has 1 unspecified atom stereocenters. The van der Waals surface area contributed by atoms with Crippen molar-refractivity contribution in [3.8, 4) is 0 Å². The first kappa shape index (κ1) is 16.0. The van der Waals surface area contributed by atoms with Crippen molar-refractivity contribution in [3.05, 3.63) is 47.0 Å². The van der Waals surface area contributed by atoms with E-state index in [1.165, 1.54) is 0 Å². The number of halogens is 1. The van der Waals surface area contributed by atoms with Gasteiger partial charge in [0.05, 0.1) is 12.6 Å². The number of aliphatic hydroxyl groups excluding tert-OH is 1. The molecule has 0 spiro atoms. The van der Waals surface area contributed by atoms with Crippen LogP contribution >= 0.6 is 11.6 Å². The second kappa shape index (κ2) is 6.58. The minimum absolute atomic E-state index is 0.0756. The summed E-state index contributed by atoms with van der Waals surface area (Å²) in [5.41, 5.74) is 0.987. The Balaban J connectivity index is 1.89. The van der Waals surface area contributed by atoms with E-state index in [1.807, 2.05) is 24.3 Å². The van der Waals surface area contributed by atoms with Gasteiger partial charge in [-0.3, -0.25) is 4.68 Å². The zero-order valence-corrected chi connectivity index (χ0v) is 13.5. The minimum Gasteiger partial charge on any atom is -0.391 e. The SMILES string of the molecule is CC(C)(C)c1ncn(CC(O)CCc2ccccc2Cl)n1. The summed E-state index contributed by atoms with van der Waals surface area (Å²) >= 11 is 6.11. The van der Waals surface area contributed by atoms with Crippen molar-refractivity contribution in [3.63, 3.8) is 0 Å². The maximum absolute atomic E-state index is 10.1. The Bertz CT molecular complexity index is 589. The van der Waals surface area contributed by atoms with E-state index in [9.17, 15) is 5.11 Å². The highest BCUT2D eigenvalue weighted by Crippen LogP contribution is 2.19. The Morgan fingerprint density at radius 2 is 2.00 bits per heavy atom. The molecule has 1 aromatic carbocycles. The van der Waals surface area contributed by atoms with Crippen LogP contribution in [0.3, 0.4) is 0 Å². The maximum Gasteiger partial charge on any atom is 0.155 e. The summed E-state index contributed by atoms with van der Waals surface area (Å²) in [7, 11) is 0. The third-order valence-electron chi connectivity index (χ3n) is 3.31. The summed E-state index contributed by atoms with van der Waals surface area (Å²) in [6, 6.07) is 7.73. The molecule has 2 rings (SSSR count). The Kier molecular flexibility index (Phi) is 5.01. The van der Waals surface area contributed by atoms with Crippen molar-refractivity contribution in [2.24, 2.45) is 0 Å². The molecule has 21 heavy (non-hydrogen) atoms. The van der Waals surface area contributed by atoms with Gasteiger partial charge in [0, 0.05) is 10.4 Å². The van der Waals surface area contributed by atoms with E-state index in [4.69, 9.17) is 11.6 Å². The number of hydrogen-bond acceptors (Lipinski definition) is 3. The molecular formula is C16H22ClN3O. The zero-order valence-electron chi connectivity index (χ0n) is 12.8. The number of rotatable bonds is 5. The fourth-order valence-electron chi connectivity index (χ4n) is 2.06. The second-order valence-electron chi connectivity index (χ2n) is 6.32. The quantitative estimate of drug-likeness (QED) is 0.922. The summed E-state index contributed by atoms with van der Waals surface area (Å²) in [5, 5.41) is 15.3. The van der Waals surface area contributed by atoms with Crippen molar-refractivity contribution in [2.45, 2.75) is 51.7 Å². The smallest absolute Gasteiger partial charge is 0.155 e. The van der Waals surface area contributed by atoms with Crippen molar-refractivity contribution in [1.82, 2.24) is 14.8 Å². The predicted molar refractivity (Wildman–Crippen MR) is 84.5 cm³/mol. The average Bonchev–Trinajstić information content (AvgIpc) is 2.86. The lowest BCUT2D eigenvalue weighted by Crippen LogP contribution is -2.19. The van der Waals surface area contributed by atoms with E-state index in [1.54, 1.807) is 11.0 Å². The van der Waals surface area contributed by atoms with Crippen LogP contribution in [0.5, 0.6) is 0 Å². The molecular weight excluding hydrogens is 286 g/mol. The third kappa shape index (κ3) is 4.55. The number of aromatic nitrogens is 3. The zero-order chi connectivity index (χ0) is 15.5. The summed E-state index contributed by atoms with van der Waals surface area (Å²) in [4.78, 5) is 4.29. The molecule has 0 aliphatic rings. The van der Waals surface area contributed by atoms with Crippen molar-refractivity contribution in [1.29, 1.82) is 0 Å². The standard InChI is InChI=1S/C16H22ClN3O/c1-16(2,3)15-18-11-20(19-15)10-13(21)9-8-12-6-4-5-7-14(12)17/h4-7,11,13,21H,8-10H2,1-3H3. The molecule has 0 bridgehead atoms. The summed E-state index contributed by atoms with van der Waals surface area (Å²) in [5.74, 6) is 0.792. The first-order chi connectivity index (χ1) is 9.86. The molecule has 1 heterocycles. The van der Waals surface area contributed by atoms with Crippen LogP contribution in [0.4, 0.5) is 0 Å². The molecule has 4 nitrogen and oxygen atoms in total. The maximum atomic E-state index is 10.1. The molecule has 1 N–H and O–H groups in total. The topological polar surface area (TPSA) is 50.9 Å². The van der Waals surface area contributed by atoms with Crippen molar-refractivity contribution < 1.29 is 5.11 Å². The fraction of sp³-hybridized carbons (Fsp3) is 0.500. The number of aryl methyl sites for hydroxylation is 1. The summed E-state index contributed by atoms with van der Waals surface area (Å²) < 4.78 is 1.71. The average molecular weight is 308 g/mol. The fourth-order valence-corrected chi connectivity index (χ4v) is 2.29. The first-order valence-electron chi connectivity index (χ1n) is 7.17. The van der Waals surface area contributed by atoms with Crippen LogP contribution in [-0.2, 0) is 18.4 Å². The van der Waals surface area contributed by atoms with Gasteiger partial charge in [-0.15, -0.1) is 0 Å². The Labute approximate surface area is 130 Å². The first-order valence-corrected chi connectivity index (χ1v) is 7.55. The minimum atomic E-state index is -0.462. The van der Waals surface area contributed by atoms with Gasteiger partial charge in [-0.1, -0.05) is 50.6 Å². The van der Waals surface area contributed by atoms with Gasteiger partial charge in [-0.25, -0.2) is 4.98 Å². The van der Waals surface area contributed by atoms with Gasteiger partial charge in [0.2, 0.25) is 0 Å². The van der Waals surface area contributed by atoms with E-state index >= 15 is 0 Å². The predicted octanol–water partition coefficient (Wildman–Crippen LogP) is 3.22. The van der Waals surface area contributed by atoms with Crippen LogP contribution in [0.1, 0.15) is 38.6 Å². The van der Waals surface area contributed by atoms with E-state index in [0.717, 1.165) is 22.8 Å². The molecule has 5 heteroatoms. The van der Waals surface area contributed by atoms with E-state index in [-0.39, 0.29) is 5.41 Å². The normalized spacial score (nSPS) is 13.4. The molecule has 1 atom stereocenters. The van der Waals surface area contributed by atoms with Gasteiger partial charge < -0.3 is 5.11 Å². The summed E-state index contributed by atoms with van der Waals surface area (Å²) in [6.45, 7) is 6.66. The van der Waals surface area contributed by atoms with Gasteiger partial charge in [-0.2, -0.15) is 5.10 Å². The number of benzene rings is 1. The van der Waals surface area contributed by atoms with Gasteiger partial charge in [0.15, 0.2) is 5.82 Å². The molecule has 0 radical (unpaired) electrons. The second-order valence-corrected chi connectivity index (χ2v) is 6.73. The van der Waals surface area contributed by atoms with E-state index in [2.05, 4.69) is 30.9 Å². The van der Waals surface area contributed by atoms with Crippen LogP contribution in [0.15, 0.2) is 30.6 Å². The lowest BCUT2D eigenvalue weighted by atomic mass is 9.96. The molecule has 2 aromatic rings. The molecule has 0 aliphatic carbocycles. The number of aliphatic hydroxyl groups is 1. The molecule has 0 saturated carbocycles. The van der Waals surface area contributed by atoms with Gasteiger partial charge in [-0.05, 0) is 24.5 Å². The molecule has 0 saturated heterocycles. The van der Waals surface area contributed by atoms with Crippen molar-refractivity contribution >= 4 is 11.6 Å². The Morgan fingerprint density at radius 1 is 1.29 bits per heavy atom. The van der Waals surface area contributed by atoms with Gasteiger partial charge >= 0.3 is 0 Å². The Hall–Kier alpha value is -1.39.